The number of halogens is 3. The SMILES string of the molecule is O=C(O)CC[n+]1ccc(-c2nc3cncnc3s2)cc1.O=C([O-])C(F)(F)F. The number of carboxylic acids is 2. The van der Waals surface area contributed by atoms with Gasteiger partial charge < -0.3 is 15.0 Å². The molecule has 3 aromatic rings. The van der Waals surface area contributed by atoms with E-state index < -0.39 is 18.1 Å². The van der Waals surface area contributed by atoms with Gasteiger partial charge in [0.2, 0.25) is 0 Å². The lowest BCUT2D eigenvalue weighted by Gasteiger charge is -2.03. The van der Waals surface area contributed by atoms with Gasteiger partial charge in [-0.15, -0.1) is 0 Å². The van der Waals surface area contributed by atoms with Gasteiger partial charge in [-0.2, -0.15) is 13.2 Å². The van der Waals surface area contributed by atoms with Crippen molar-refractivity contribution in [2.24, 2.45) is 0 Å². The fourth-order valence-electron chi connectivity index (χ4n) is 1.79. The van der Waals surface area contributed by atoms with Crippen LogP contribution in [0.5, 0.6) is 0 Å². The maximum absolute atomic E-state index is 10.5. The summed E-state index contributed by atoms with van der Waals surface area (Å²) in [6.45, 7) is 0.459. The maximum atomic E-state index is 10.5. The molecule has 3 aromatic heterocycles. The van der Waals surface area contributed by atoms with Crippen LogP contribution >= 0.6 is 11.3 Å². The molecule has 1 N–H and O–H groups in total. The molecule has 27 heavy (non-hydrogen) atoms. The second-order valence-corrected chi connectivity index (χ2v) is 5.96. The van der Waals surface area contributed by atoms with E-state index in [9.17, 15) is 18.0 Å². The Balaban J connectivity index is 0.000000321. The van der Waals surface area contributed by atoms with Gasteiger partial charge in [0.05, 0.1) is 6.20 Å². The monoisotopic (exact) mass is 400 g/mol. The first-order valence-corrected chi connectivity index (χ1v) is 8.04. The van der Waals surface area contributed by atoms with Crippen LogP contribution in [0.15, 0.2) is 37.1 Å². The van der Waals surface area contributed by atoms with Gasteiger partial charge in [-0.1, -0.05) is 11.3 Å². The standard InChI is InChI=1S/C13H10N4O2S.C2HF3O2/c18-11(19)3-6-17-4-1-9(2-5-17)12-16-10-7-14-8-15-13(10)20-12;3-2(4,5)1(6)7/h1-2,4-5,7-8H,3,6H2;(H,6,7). The zero-order valence-electron chi connectivity index (χ0n) is 13.4. The maximum Gasteiger partial charge on any atom is 0.430 e. The molecule has 3 rings (SSSR count). The van der Waals surface area contributed by atoms with Gasteiger partial charge in [0.25, 0.3) is 0 Å². The van der Waals surface area contributed by atoms with Gasteiger partial charge in [0.15, 0.2) is 18.9 Å². The van der Waals surface area contributed by atoms with E-state index in [1.807, 2.05) is 29.1 Å². The Hall–Kier alpha value is -3.15. The number of aryl methyl sites for hydroxylation is 1. The number of carbonyl (C=O) groups is 2. The zero-order valence-corrected chi connectivity index (χ0v) is 14.2. The minimum atomic E-state index is -5.19. The molecule has 12 heteroatoms. The predicted molar refractivity (Wildman–Crippen MR) is 84.2 cm³/mol. The highest BCUT2D eigenvalue weighted by Gasteiger charge is 2.28. The number of thiazole rings is 1. The molecule has 0 aliphatic rings. The number of aliphatic carboxylic acids is 2. The van der Waals surface area contributed by atoms with E-state index in [0.29, 0.717) is 6.54 Å². The smallest absolute Gasteiger partial charge is 0.430 e. The van der Waals surface area contributed by atoms with Crippen LogP contribution in [0, 0.1) is 0 Å². The first-order valence-electron chi connectivity index (χ1n) is 7.23. The Labute approximate surface area is 153 Å². The molecule has 0 fully saturated rings. The van der Waals surface area contributed by atoms with Crippen LogP contribution in [0.2, 0.25) is 0 Å². The Morgan fingerprint density at radius 1 is 1.26 bits per heavy atom. The summed E-state index contributed by atoms with van der Waals surface area (Å²) >= 11 is 1.51. The van der Waals surface area contributed by atoms with Crippen molar-refractivity contribution in [3.63, 3.8) is 0 Å². The molecular weight excluding hydrogens is 389 g/mol. The fourth-order valence-corrected chi connectivity index (χ4v) is 2.67. The number of fused-ring (bicyclic) bond motifs is 1. The van der Waals surface area contributed by atoms with Gasteiger partial charge >= 0.3 is 12.1 Å². The molecule has 0 unspecified atom stereocenters. The molecule has 0 atom stereocenters. The summed E-state index contributed by atoms with van der Waals surface area (Å²) in [7, 11) is 0. The van der Waals surface area contributed by atoms with E-state index in [2.05, 4.69) is 15.0 Å². The lowest BCUT2D eigenvalue weighted by Crippen LogP contribution is -2.37. The highest BCUT2D eigenvalue weighted by atomic mass is 32.1. The van der Waals surface area contributed by atoms with Crippen LogP contribution in [0.4, 0.5) is 13.2 Å². The Kier molecular flexibility index (Phi) is 6.34. The third-order valence-corrected chi connectivity index (χ3v) is 4.05. The largest absolute Gasteiger partial charge is 0.542 e. The summed E-state index contributed by atoms with van der Waals surface area (Å²) in [5.74, 6) is -3.81. The lowest BCUT2D eigenvalue weighted by molar-refractivity contribution is -0.695. The highest BCUT2D eigenvalue weighted by molar-refractivity contribution is 7.21. The molecule has 3 heterocycles. The van der Waals surface area contributed by atoms with Crippen LogP contribution in [0.25, 0.3) is 20.9 Å². The van der Waals surface area contributed by atoms with Crippen molar-refractivity contribution in [1.82, 2.24) is 15.0 Å². The number of carboxylic acid groups (broad SMARTS) is 2. The fraction of sp³-hybridized carbons (Fsp3) is 0.200. The van der Waals surface area contributed by atoms with E-state index in [1.54, 1.807) is 6.20 Å². The topological polar surface area (TPSA) is 120 Å². The Morgan fingerprint density at radius 3 is 2.41 bits per heavy atom. The van der Waals surface area contributed by atoms with Gasteiger partial charge in [-0.05, 0) is 0 Å². The molecule has 0 aliphatic heterocycles. The van der Waals surface area contributed by atoms with Crippen molar-refractivity contribution in [2.45, 2.75) is 19.1 Å². The third kappa shape index (κ3) is 5.95. The first-order chi connectivity index (χ1) is 12.7. The molecule has 0 bridgehead atoms. The average Bonchev–Trinajstić information content (AvgIpc) is 3.04. The minimum absolute atomic E-state index is 0.112. The van der Waals surface area contributed by atoms with Crippen molar-refractivity contribution in [1.29, 1.82) is 0 Å². The third-order valence-electron chi connectivity index (χ3n) is 3.03. The van der Waals surface area contributed by atoms with Crippen molar-refractivity contribution in [3.05, 3.63) is 37.1 Å². The molecule has 0 aromatic carbocycles. The summed E-state index contributed by atoms with van der Waals surface area (Å²) in [6, 6.07) is 3.85. The molecule has 0 saturated carbocycles. The predicted octanol–water partition coefficient (Wildman–Crippen LogP) is 0.814. The molecule has 142 valence electrons. The normalized spacial score (nSPS) is 10.9. The van der Waals surface area contributed by atoms with Gasteiger partial charge in [0, 0.05) is 17.7 Å². The summed E-state index contributed by atoms with van der Waals surface area (Å²) < 4.78 is 33.4. The molecule has 0 spiro atoms. The van der Waals surface area contributed by atoms with Crippen LogP contribution in [0.1, 0.15) is 6.42 Å². The van der Waals surface area contributed by atoms with Gasteiger partial charge in [0.1, 0.15) is 34.1 Å². The summed E-state index contributed by atoms with van der Waals surface area (Å²) in [5.41, 5.74) is 1.77. The van der Waals surface area contributed by atoms with E-state index in [4.69, 9.17) is 15.0 Å². The number of aromatic nitrogens is 4. The molecule has 0 radical (unpaired) electrons. The first kappa shape index (κ1) is 20.2. The van der Waals surface area contributed by atoms with E-state index in [0.717, 1.165) is 20.9 Å². The zero-order chi connectivity index (χ0) is 20.0. The number of hydrogen-bond donors (Lipinski definition) is 1. The summed E-state index contributed by atoms with van der Waals surface area (Å²) in [6.07, 6.45) is 1.83. The molecular formula is C15H11F3N4O4S. The second kappa shape index (κ2) is 8.49. The van der Waals surface area contributed by atoms with Crippen LogP contribution in [-0.2, 0) is 16.1 Å². The van der Waals surface area contributed by atoms with Crippen LogP contribution < -0.4 is 9.67 Å². The van der Waals surface area contributed by atoms with Crippen LogP contribution in [-0.4, -0.2) is 38.2 Å². The quantitative estimate of drug-likeness (QED) is 0.644. The van der Waals surface area contributed by atoms with Crippen molar-refractivity contribution in [3.8, 4) is 10.6 Å². The summed E-state index contributed by atoms with van der Waals surface area (Å²) in [4.78, 5) is 32.8. The number of hydrogen-bond acceptors (Lipinski definition) is 7. The van der Waals surface area contributed by atoms with Crippen molar-refractivity contribution in [2.75, 3.05) is 0 Å². The van der Waals surface area contributed by atoms with Gasteiger partial charge in [-0.3, -0.25) is 4.79 Å². The average molecular weight is 400 g/mol. The van der Waals surface area contributed by atoms with Gasteiger partial charge in [-0.25, -0.2) is 19.5 Å². The van der Waals surface area contributed by atoms with E-state index >= 15 is 0 Å². The second-order valence-electron chi connectivity index (χ2n) is 4.99. The molecule has 8 nitrogen and oxygen atoms in total. The lowest BCUT2D eigenvalue weighted by atomic mass is 10.3. The van der Waals surface area contributed by atoms with E-state index in [1.165, 1.54) is 17.7 Å². The number of nitrogens with zero attached hydrogens (tertiary/aromatic N) is 4. The molecule has 0 amide bonds. The number of pyridine rings is 1. The number of rotatable bonds is 4. The molecule has 0 aliphatic carbocycles. The Morgan fingerprint density at radius 2 is 1.89 bits per heavy atom. The Bertz CT molecular complexity index is 911. The van der Waals surface area contributed by atoms with E-state index in [-0.39, 0.29) is 6.42 Å². The minimum Gasteiger partial charge on any atom is -0.542 e. The summed E-state index contributed by atoms with van der Waals surface area (Å²) in [5, 5.41) is 18.3. The molecule has 0 saturated heterocycles. The van der Waals surface area contributed by atoms with Crippen molar-refractivity contribution >= 4 is 33.6 Å². The number of carbonyl (C=O) groups excluding carboxylic acids is 1. The highest BCUT2D eigenvalue weighted by Crippen LogP contribution is 2.27. The number of alkyl halides is 3. The van der Waals surface area contributed by atoms with Crippen molar-refractivity contribution < 1.29 is 37.5 Å². The van der Waals surface area contributed by atoms with Crippen LogP contribution in [0.3, 0.4) is 0 Å².